The molecule has 1 aliphatic rings. The molecule has 4 heteroatoms. The van der Waals surface area contributed by atoms with Gasteiger partial charge < -0.3 is 8.83 Å². The van der Waals surface area contributed by atoms with E-state index in [0.717, 1.165) is 77.5 Å². The van der Waals surface area contributed by atoms with Gasteiger partial charge in [0.15, 0.2) is 5.82 Å². The molecule has 0 aliphatic heterocycles. The minimum absolute atomic E-state index is 0.117. The van der Waals surface area contributed by atoms with Crippen molar-refractivity contribution in [3.05, 3.63) is 181 Å². The Labute approximate surface area is 328 Å². The average Bonchev–Trinajstić information content (AvgIpc) is 3.88. The van der Waals surface area contributed by atoms with Gasteiger partial charge >= 0.3 is 0 Å². The van der Waals surface area contributed by atoms with Gasteiger partial charge in [-0.1, -0.05) is 123 Å². The molecule has 0 radical (unpaired) electrons. The number of furan rings is 2. The molecule has 0 amide bonds. The summed E-state index contributed by atoms with van der Waals surface area (Å²) in [5.74, 6) is 0.679. The molecular formula is C53H34N2O2. The fourth-order valence-corrected chi connectivity index (χ4v) is 9.17. The van der Waals surface area contributed by atoms with Gasteiger partial charge in [0, 0.05) is 43.7 Å². The van der Waals surface area contributed by atoms with E-state index in [1.54, 1.807) is 0 Å². The predicted octanol–water partition coefficient (Wildman–Crippen LogP) is 14.4. The first kappa shape index (κ1) is 32.0. The van der Waals surface area contributed by atoms with E-state index in [-0.39, 0.29) is 5.41 Å². The zero-order valence-electron chi connectivity index (χ0n) is 31.4. The molecule has 3 heterocycles. The molecular weight excluding hydrogens is 697 g/mol. The zero-order valence-corrected chi connectivity index (χ0v) is 31.4. The predicted molar refractivity (Wildman–Crippen MR) is 233 cm³/mol. The van der Waals surface area contributed by atoms with Gasteiger partial charge in [0.2, 0.25) is 0 Å². The highest BCUT2D eigenvalue weighted by atomic mass is 16.3. The van der Waals surface area contributed by atoms with E-state index in [0.29, 0.717) is 5.82 Å². The first-order chi connectivity index (χ1) is 28.0. The van der Waals surface area contributed by atoms with E-state index in [1.807, 2.05) is 42.5 Å². The Morgan fingerprint density at radius 2 is 1.00 bits per heavy atom. The number of nitrogens with zero attached hydrogens (tertiary/aromatic N) is 2. The molecule has 0 fully saturated rings. The lowest BCUT2D eigenvalue weighted by Crippen LogP contribution is -2.14. The van der Waals surface area contributed by atoms with Crippen LogP contribution in [0.2, 0.25) is 0 Å². The van der Waals surface area contributed by atoms with E-state index in [9.17, 15) is 0 Å². The first-order valence-electron chi connectivity index (χ1n) is 19.5. The molecule has 268 valence electrons. The second-order valence-electron chi connectivity index (χ2n) is 15.8. The highest BCUT2D eigenvalue weighted by Gasteiger charge is 2.37. The van der Waals surface area contributed by atoms with E-state index in [4.69, 9.17) is 18.8 Å². The second-order valence-corrected chi connectivity index (χ2v) is 15.8. The molecule has 0 saturated carbocycles. The fraction of sp³-hybridized carbons (Fsp3) is 0.0566. The monoisotopic (exact) mass is 730 g/mol. The molecule has 4 nitrogen and oxygen atoms in total. The minimum Gasteiger partial charge on any atom is -0.456 e. The maximum atomic E-state index is 6.42. The standard InChI is InChI=1S/C53H34N2O2/c1-53(2)43-20-11-19-37(51(43)42-25-32-14-6-7-15-33(32)27-44(42)53)34-16-10-17-35(24-34)45-30-46(55-52(54-45)31-12-4-3-5-13-31)36-22-23-48-39(26-36)41-29-49-40(28-50(41)57-48)38-18-8-9-21-47(38)56-49/h3-30H,1-2H3. The molecule has 0 spiro atoms. The zero-order chi connectivity index (χ0) is 37.8. The number of rotatable bonds is 4. The van der Waals surface area contributed by atoms with Crippen LogP contribution in [0.1, 0.15) is 25.0 Å². The normalized spacial score (nSPS) is 13.2. The van der Waals surface area contributed by atoms with Crippen LogP contribution >= 0.6 is 0 Å². The molecule has 0 atom stereocenters. The lowest BCUT2D eigenvalue weighted by atomic mass is 9.81. The largest absolute Gasteiger partial charge is 0.456 e. The van der Waals surface area contributed by atoms with Crippen LogP contribution in [0.3, 0.4) is 0 Å². The number of hydrogen-bond donors (Lipinski definition) is 0. The number of para-hydroxylation sites is 1. The molecule has 57 heavy (non-hydrogen) atoms. The van der Waals surface area contributed by atoms with Gasteiger partial charge in [-0.25, -0.2) is 9.97 Å². The van der Waals surface area contributed by atoms with Crippen LogP contribution in [0.5, 0.6) is 0 Å². The summed E-state index contributed by atoms with van der Waals surface area (Å²) in [5.41, 5.74) is 15.7. The highest BCUT2D eigenvalue weighted by Crippen LogP contribution is 2.53. The van der Waals surface area contributed by atoms with Crippen molar-refractivity contribution in [1.29, 1.82) is 0 Å². The number of aromatic nitrogens is 2. The number of benzene rings is 8. The van der Waals surface area contributed by atoms with E-state index >= 15 is 0 Å². The maximum Gasteiger partial charge on any atom is 0.160 e. The van der Waals surface area contributed by atoms with Crippen molar-refractivity contribution >= 4 is 54.6 Å². The molecule has 8 aromatic carbocycles. The van der Waals surface area contributed by atoms with Gasteiger partial charge in [0.1, 0.15) is 22.3 Å². The van der Waals surface area contributed by atoms with E-state index in [1.165, 1.54) is 38.6 Å². The summed E-state index contributed by atoms with van der Waals surface area (Å²) in [6.07, 6.45) is 0. The van der Waals surface area contributed by atoms with Crippen molar-refractivity contribution in [2.45, 2.75) is 19.3 Å². The Balaban J connectivity index is 1.01. The van der Waals surface area contributed by atoms with Crippen LogP contribution in [0, 0.1) is 0 Å². The summed E-state index contributed by atoms with van der Waals surface area (Å²) in [5, 5.41) is 6.70. The Bertz CT molecular complexity index is 3440. The highest BCUT2D eigenvalue weighted by molar-refractivity contribution is 6.15. The summed E-state index contributed by atoms with van der Waals surface area (Å²) in [7, 11) is 0. The van der Waals surface area contributed by atoms with Crippen LogP contribution in [-0.2, 0) is 5.41 Å². The van der Waals surface area contributed by atoms with Gasteiger partial charge in [-0.15, -0.1) is 0 Å². The molecule has 11 aromatic rings. The van der Waals surface area contributed by atoms with Crippen molar-refractivity contribution in [3.63, 3.8) is 0 Å². The van der Waals surface area contributed by atoms with Crippen molar-refractivity contribution in [2.24, 2.45) is 0 Å². The lowest BCUT2D eigenvalue weighted by molar-refractivity contribution is 0.661. The second kappa shape index (κ2) is 11.8. The quantitative estimate of drug-likeness (QED) is 0.181. The molecule has 0 saturated heterocycles. The molecule has 0 bridgehead atoms. The molecule has 3 aromatic heterocycles. The van der Waals surface area contributed by atoms with Gasteiger partial charge in [-0.05, 0) is 105 Å². The summed E-state index contributed by atoms with van der Waals surface area (Å²) in [6, 6.07) is 60.1. The Morgan fingerprint density at radius 3 is 1.81 bits per heavy atom. The average molecular weight is 731 g/mol. The van der Waals surface area contributed by atoms with E-state index < -0.39 is 0 Å². The molecule has 1 aliphatic carbocycles. The first-order valence-corrected chi connectivity index (χ1v) is 19.5. The maximum absolute atomic E-state index is 6.42. The summed E-state index contributed by atoms with van der Waals surface area (Å²) < 4.78 is 12.7. The molecule has 12 rings (SSSR count). The van der Waals surface area contributed by atoms with Gasteiger partial charge in [-0.3, -0.25) is 0 Å². The van der Waals surface area contributed by atoms with Gasteiger partial charge in [-0.2, -0.15) is 0 Å². The van der Waals surface area contributed by atoms with E-state index in [2.05, 4.69) is 141 Å². The molecule has 0 N–H and O–H groups in total. The number of hydrogen-bond acceptors (Lipinski definition) is 4. The fourth-order valence-electron chi connectivity index (χ4n) is 9.17. The number of fused-ring (bicyclic) bond motifs is 10. The Hall–Kier alpha value is -7.30. The third kappa shape index (κ3) is 4.87. The third-order valence-electron chi connectivity index (χ3n) is 12.1. The van der Waals surface area contributed by atoms with Crippen LogP contribution < -0.4 is 0 Å². The smallest absolute Gasteiger partial charge is 0.160 e. The van der Waals surface area contributed by atoms with Crippen molar-refractivity contribution < 1.29 is 8.83 Å². The van der Waals surface area contributed by atoms with Gasteiger partial charge in [0.25, 0.3) is 0 Å². The van der Waals surface area contributed by atoms with Crippen molar-refractivity contribution in [2.75, 3.05) is 0 Å². The van der Waals surface area contributed by atoms with Crippen LogP contribution in [0.15, 0.2) is 179 Å². The molecule has 0 unspecified atom stereocenters. The van der Waals surface area contributed by atoms with Gasteiger partial charge in [0.05, 0.1) is 11.4 Å². The Kier molecular flexibility index (Phi) is 6.65. The third-order valence-corrected chi connectivity index (χ3v) is 12.1. The summed E-state index contributed by atoms with van der Waals surface area (Å²) in [4.78, 5) is 10.4. The topological polar surface area (TPSA) is 52.1 Å². The van der Waals surface area contributed by atoms with Crippen LogP contribution in [0.25, 0.3) is 111 Å². The lowest BCUT2D eigenvalue weighted by Gasteiger charge is -2.22. The van der Waals surface area contributed by atoms with Crippen molar-refractivity contribution in [3.8, 4) is 56.2 Å². The van der Waals surface area contributed by atoms with Crippen LogP contribution in [0.4, 0.5) is 0 Å². The SMILES string of the molecule is CC1(C)c2cc3ccccc3cc2-c2c(-c3cccc(-c4cc(-c5ccc6oc7cc8c(cc7c6c5)oc5ccccc58)nc(-c5ccccc5)n4)c3)cccc21. The Morgan fingerprint density at radius 1 is 0.386 bits per heavy atom. The minimum atomic E-state index is -0.117. The summed E-state index contributed by atoms with van der Waals surface area (Å²) in [6.45, 7) is 4.70. The van der Waals surface area contributed by atoms with Crippen LogP contribution in [-0.4, -0.2) is 9.97 Å². The van der Waals surface area contributed by atoms with Crippen molar-refractivity contribution in [1.82, 2.24) is 9.97 Å². The summed E-state index contributed by atoms with van der Waals surface area (Å²) >= 11 is 0.